The molecule has 0 bridgehead atoms. The Balaban J connectivity index is 2.17. The summed E-state index contributed by atoms with van der Waals surface area (Å²) < 4.78 is 0. The van der Waals surface area contributed by atoms with Crippen LogP contribution in [0.2, 0.25) is 5.02 Å². The van der Waals surface area contributed by atoms with Crippen LogP contribution >= 0.6 is 11.6 Å². The van der Waals surface area contributed by atoms with Gasteiger partial charge in [0.1, 0.15) is 0 Å². The highest BCUT2D eigenvalue weighted by molar-refractivity contribution is 6.30. The van der Waals surface area contributed by atoms with Gasteiger partial charge in [0.05, 0.1) is 6.10 Å². The summed E-state index contributed by atoms with van der Waals surface area (Å²) in [5.74, 6) is 6.14. The Hall–Kier alpha value is -1.75. The molecule has 0 aliphatic carbocycles. The van der Waals surface area contributed by atoms with Crippen LogP contribution in [0.3, 0.4) is 0 Å². The lowest BCUT2D eigenvalue weighted by atomic mass is 10.1. The molecule has 2 aromatic carbocycles. The summed E-state index contributed by atoms with van der Waals surface area (Å²) in [6, 6.07) is 15.0. The zero-order valence-electron chi connectivity index (χ0n) is 10.0. The maximum absolute atomic E-state index is 9.40. The largest absolute Gasteiger partial charge is 0.389 e. The molecular formula is C16H13ClO. The number of benzene rings is 2. The summed E-state index contributed by atoms with van der Waals surface area (Å²) in [4.78, 5) is 0. The smallest absolute Gasteiger partial charge is 0.0761 e. The average molecular weight is 257 g/mol. The lowest BCUT2D eigenvalue weighted by molar-refractivity contribution is 0.199. The molecule has 1 atom stereocenters. The van der Waals surface area contributed by atoms with E-state index in [9.17, 15) is 5.11 Å². The van der Waals surface area contributed by atoms with Gasteiger partial charge in [-0.05, 0) is 48.9 Å². The third-order valence-electron chi connectivity index (χ3n) is 2.59. The molecule has 0 spiro atoms. The van der Waals surface area contributed by atoms with Gasteiger partial charge in [0.25, 0.3) is 0 Å². The molecular weight excluding hydrogens is 244 g/mol. The summed E-state index contributed by atoms with van der Waals surface area (Å²) in [6.45, 7) is 1.74. The second-order valence-corrected chi connectivity index (χ2v) is 4.49. The average Bonchev–Trinajstić information content (AvgIpc) is 2.38. The molecule has 1 N–H and O–H groups in total. The van der Waals surface area contributed by atoms with Crippen LogP contribution in [-0.2, 0) is 0 Å². The van der Waals surface area contributed by atoms with E-state index < -0.39 is 6.10 Å². The van der Waals surface area contributed by atoms with Crippen LogP contribution in [0.25, 0.3) is 0 Å². The molecule has 1 nitrogen and oxygen atoms in total. The van der Waals surface area contributed by atoms with Gasteiger partial charge in [0.2, 0.25) is 0 Å². The zero-order chi connectivity index (χ0) is 13.0. The third kappa shape index (κ3) is 3.37. The number of aliphatic hydroxyl groups excluding tert-OH is 1. The molecule has 0 amide bonds. The van der Waals surface area contributed by atoms with Crippen LogP contribution in [-0.4, -0.2) is 5.11 Å². The lowest BCUT2D eigenvalue weighted by Crippen LogP contribution is -1.89. The van der Waals surface area contributed by atoms with Crippen LogP contribution in [0.1, 0.15) is 29.7 Å². The molecule has 0 aliphatic rings. The predicted octanol–water partition coefficient (Wildman–Crippen LogP) is 3.79. The molecule has 0 saturated heterocycles. The second-order valence-electron chi connectivity index (χ2n) is 4.05. The molecule has 0 unspecified atom stereocenters. The summed E-state index contributed by atoms with van der Waals surface area (Å²) >= 11 is 5.80. The van der Waals surface area contributed by atoms with Crippen LogP contribution in [0.4, 0.5) is 0 Å². The maximum Gasteiger partial charge on any atom is 0.0761 e. The predicted molar refractivity (Wildman–Crippen MR) is 74.5 cm³/mol. The molecule has 18 heavy (non-hydrogen) atoms. The summed E-state index contributed by atoms with van der Waals surface area (Å²) in [5.41, 5.74) is 2.75. The number of hydrogen-bond acceptors (Lipinski definition) is 1. The Morgan fingerprint density at radius 2 is 1.33 bits per heavy atom. The van der Waals surface area contributed by atoms with Crippen molar-refractivity contribution in [2.45, 2.75) is 13.0 Å². The van der Waals surface area contributed by atoms with E-state index in [0.717, 1.165) is 16.7 Å². The van der Waals surface area contributed by atoms with Gasteiger partial charge in [-0.3, -0.25) is 0 Å². The van der Waals surface area contributed by atoms with E-state index in [4.69, 9.17) is 11.6 Å². The van der Waals surface area contributed by atoms with E-state index in [-0.39, 0.29) is 0 Å². The highest BCUT2D eigenvalue weighted by Crippen LogP contribution is 2.12. The first-order valence-corrected chi connectivity index (χ1v) is 6.08. The van der Waals surface area contributed by atoms with Gasteiger partial charge in [-0.25, -0.2) is 0 Å². The van der Waals surface area contributed by atoms with Crippen molar-refractivity contribution in [3.63, 3.8) is 0 Å². The van der Waals surface area contributed by atoms with Crippen LogP contribution in [0.5, 0.6) is 0 Å². The van der Waals surface area contributed by atoms with E-state index >= 15 is 0 Å². The van der Waals surface area contributed by atoms with Gasteiger partial charge < -0.3 is 5.11 Å². The first kappa shape index (κ1) is 12.7. The maximum atomic E-state index is 9.40. The van der Waals surface area contributed by atoms with Crippen molar-refractivity contribution in [1.29, 1.82) is 0 Å². The van der Waals surface area contributed by atoms with Gasteiger partial charge in [-0.1, -0.05) is 35.6 Å². The zero-order valence-corrected chi connectivity index (χ0v) is 10.8. The summed E-state index contributed by atoms with van der Waals surface area (Å²) in [6.07, 6.45) is -0.441. The number of hydrogen-bond donors (Lipinski definition) is 1. The lowest BCUT2D eigenvalue weighted by Gasteiger charge is -2.02. The fraction of sp³-hybridized carbons (Fsp3) is 0.125. The Kier molecular flexibility index (Phi) is 4.04. The van der Waals surface area contributed by atoms with Crippen molar-refractivity contribution in [2.75, 3.05) is 0 Å². The van der Waals surface area contributed by atoms with Crippen molar-refractivity contribution in [3.8, 4) is 11.8 Å². The van der Waals surface area contributed by atoms with Gasteiger partial charge in [-0.15, -0.1) is 0 Å². The topological polar surface area (TPSA) is 20.2 Å². The van der Waals surface area contributed by atoms with Crippen molar-refractivity contribution >= 4 is 11.6 Å². The number of aliphatic hydroxyl groups is 1. The minimum atomic E-state index is -0.441. The van der Waals surface area contributed by atoms with Crippen molar-refractivity contribution in [2.24, 2.45) is 0 Å². The first-order valence-electron chi connectivity index (χ1n) is 5.71. The van der Waals surface area contributed by atoms with E-state index in [0.29, 0.717) is 5.02 Å². The summed E-state index contributed by atoms with van der Waals surface area (Å²) in [7, 11) is 0. The molecule has 2 heteroatoms. The highest BCUT2D eigenvalue weighted by atomic mass is 35.5. The fourth-order valence-corrected chi connectivity index (χ4v) is 1.65. The standard InChI is InChI=1S/C16H13ClO/c1-12(18)15-8-4-13(5-9-15)2-3-14-6-10-16(17)11-7-14/h4-12,18H,1H3/t12-/m0/s1. The van der Waals surface area contributed by atoms with Crippen molar-refractivity contribution in [3.05, 3.63) is 70.2 Å². The second kappa shape index (κ2) is 5.73. The Labute approximate surface area is 112 Å². The van der Waals surface area contributed by atoms with Crippen LogP contribution in [0, 0.1) is 11.8 Å². The normalized spacial score (nSPS) is 11.5. The quantitative estimate of drug-likeness (QED) is 0.770. The minimum Gasteiger partial charge on any atom is -0.389 e. The van der Waals surface area contributed by atoms with Gasteiger partial charge in [-0.2, -0.15) is 0 Å². The Morgan fingerprint density at radius 3 is 1.78 bits per heavy atom. The van der Waals surface area contributed by atoms with Crippen molar-refractivity contribution in [1.82, 2.24) is 0 Å². The summed E-state index contributed by atoms with van der Waals surface area (Å²) in [5, 5.41) is 10.1. The van der Waals surface area contributed by atoms with E-state index in [1.807, 2.05) is 48.5 Å². The van der Waals surface area contributed by atoms with Gasteiger partial charge >= 0.3 is 0 Å². The van der Waals surface area contributed by atoms with Crippen molar-refractivity contribution < 1.29 is 5.11 Å². The minimum absolute atomic E-state index is 0.441. The van der Waals surface area contributed by atoms with Gasteiger partial charge in [0.15, 0.2) is 0 Å². The third-order valence-corrected chi connectivity index (χ3v) is 2.84. The molecule has 0 saturated carbocycles. The van der Waals surface area contributed by atoms with Gasteiger partial charge in [0, 0.05) is 16.1 Å². The number of rotatable bonds is 1. The number of halogens is 1. The fourth-order valence-electron chi connectivity index (χ4n) is 1.52. The Bertz CT molecular complexity index is 571. The van der Waals surface area contributed by atoms with E-state index in [1.54, 1.807) is 6.92 Å². The molecule has 2 rings (SSSR count). The molecule has 0 radical (unpaired) electrons. The molecule has 0 aliphatic heterocycles. The molecule has 0 fully saturated rings. The van der Waals surface area contributed by atoms with Crippen LogP contribution < -0.4 is 0 Å². The SMILES string of the molecule is C[C@H](O)c1ccc(C#Cc2ccc(Cl)cc2)cc1. The van der Waals surface area contributed by atoms with E-state index in [2.05, 4.69) is 11.8 Å². The highest BCUT2D eigenvalue weighted by Gasteiger charge is 1.98. The van der Waals surface area contributed by atoms with Crippen LogP contribution in [0.15, 0.2) is 48.5 Å². The monoisotopic (exact) mass is 256 g/mol. The van der Waals surface area contributed by atoms with E-state index in [1.165, 1.54) is 0 Å². The molecule has 0 heterocycles. The Morgan fingerprint density at radius 1 is 0.889 bits per heavy atom. The molecule has 2 aromatic rings. The molecule has 90 valence electrons. The molecule has 0 aromatic heterocycles. The first-order chi connectivity index (χ1) is 8.65.